The Kier molecular flexibility index (Phi) is 2.34. The second-order valence-electron chi connectivity index (χ2n) is 1.27. The quantitative estimate of drug-likeness (QED) is 0.505. The molecule has 0 saturated carbocycles. The second-order valence-corrected chi connectivity index (χ2v) is 3.07. The first-order valence-corrected chi connectivity index (χ1v) is 3.56. The van der Waals surface area contributed by atoms with Crippen molar-refractivity contribution in [3.63, 3.8) is 0 Å². The van der Waals surface area contributed by atoms with E-state index in [0.717, 1.165) is 0 Å². The molecule has 0 aromatic heterocycles. The molecule has 0 aliphatic rings. The van der Waals surface area contributed by atoms with Crippen LogP contribution in [0.25, 0.3) is 0 Å². The number of carbonyl (C=O) groups is 1. The summed E-state index contributed by atoms with van der Waals surface area (Å²) in [5.74, 6) is 0. The van der Waals surface area contributed by atoms with Gasteiger partial charge < -0.3 is 0 Å². The summed E-state index contributed by atoms with van der Waals surface area (Å²) in [6, 6.07) is 0. The van der Waals surface area contributed by atoms with Crippen molar-refractivity contribution in [1.29, 1.82) is 0 Å². The molecule has 0 unspecified atom stereocenters. The van der Waals surface area contributed by atoms with Crippen molar-refractivity contribution >= 4 is 27.0 Å². The average molecular weight is 195 g/mol. The maximum Gasteiger partial charge on any atom is 0.441 e. The molecule has 0 aliphatic heterocycles. The monoisotopic (exact) mass is 194 g/mol. The number of halogens is 3. The zero-order valence-electron chi connectivity index (χ0n) is 4.21. The number of hydrogen-bond acceptors (Lipinski definition) is 3. The average Bonchev–Trinajstić information content (AvgIpc) is 1.62. The molecule has 0 spiro atoms. The molecule has 0 bridgehead atoms. The lowest BCUT2D eigenvalue weighted by Crippen LogP contribution is -2.34. The fraction of sp³-hybridized carbons (Fsp3) is 0.500. The molecule has 0 aliphatic carbocycles. The smallest absolute Gasteiger partial charge is 0.281 e. The van der Waals surface area contributed by atoms with Crippen molar-refractivity contribution in [2.24, 2.45) is 0 Å². The molecular weight excluding hydrogens is 194 g/mol. The molecular formula is C2HClF2O4S. The molecule has 0 amide bonds. The third-order valence-electron chi connectivity index (χ3n) is 0.553. The first-order valence-electron chi connectivity index (χ1n) is 1.74. The second kappa shape index (κ2) is 2.40. The van der Waals surface area contributed by atoms with Crippen LogP contribution in [0, 0.1) is 0 Å². The van der Waals surface area contributed by atoms with E-state index in [1.54, 1.807) is 0 Å². The maximum atomic E-state index is 11.7. The highest BCUT2D eigenvalue weighted by atomic mass is 35.5. The van der Waals surface area contributed by atoms with Gasteiger partial charge in [0, 0.05) is 0 Å². The summed E-state index contributed by atoms with van der Waals surface area (Å²) < 4.78 is 50.3. The van der Waals surface area contributed by atoms with Crippen LogP contribution in [0.5, 0.6) is 0 Å². The SMILES string of the molecule is O=C(Cl)C(F)(F)S(=O)(=O)O. The van der Waals surface area contributed by atoms with Crippen LogP contribution in [0.15, 0.2) is 0 Å². The van der Waals surface area contributed by atoms with Crippen LogP contribution >= 0.6 is 11.6 Å². The predicted octanol–water partition coefficient (Wildman–Crippen LogP) is 0.232. The van der Waals surface area contributed by atoms with E-state index >= 15 is 0 Å². The van der Waals surface area contributed by atoms with Crippen molar-refractivity contribution in [2.45, 2.75) is 5.25 Å². The first-order chi connectivity index (χ1) is 4.19. The van der Waals surface area contributed by atoms with E-state index in [0.29, 0.717) is 0 Å². The molecule has 10 heavy (non-hydrogen) atoms. The Morgan fingerprint density at radius 3 is 1.80 bits per heavy atom. The Hall–Kier alpha value is -0.270. The van der Waals surface area contributed by atoms with E-state index < -0.39 is 20.6 Å². The first kappa shape index (κ1) is 9.73. The minimum atomic E-state index is -5.72. The van der Waals surface area contributed by atoms with E-state index in [2.05, 4.69) is 11.6 Å². The third kappa shape index (κ3) is 1.61. The van der Waals surface area contributed by atoms with E-state index in [-0.39, 0.29) is 0 Å². The van der Waals surface area contributed by atoms with Crippen molar-refractivity contribution in [2.75, 3.05) is 0 Å². The van der Waals surface area contributed by atoms with Gasteiger partial charge in [0.15, 0.2) is 0 Å². The molecule has 0 aromatic rings. The molecule has 0 saturated heterocycles. The molecule has 0 fully saturated rings. The maximum absolute atomic E-state index is 11.7. The van der Waals surface area contributed by atoms with Gasteiger partial charge in [-0.2, -0.15) is 17.2 Å². The minimum Gasteiger partial charge on any atom is -0.281 e. The summed E-state index contributed by atoms with van der Waals surface area (Å²) >= 11 is 4.13. The van der Waals surface area contributed by atoms with E-state index in [9.17, 15) is 22.0 Å². The van der Waals surface area contributed by atoms with E-state index in [1.807, 2.05) is 0 Å². The molecule has 0 rings (SSSR count). The highest BCUT2D eigenvalue weighted by Crippen LogP contribution is 2.22. The molecule has 0 aromatic carbocycles. The zero-order valence-corrected chi connectivity index (χ0v) is 5.79. The highest BCUT2D eigenvalue weighted by molar-refractivity contribution is 7.88. The number of alkyl halides is 2. The van der Waals surface area contributed by atoms with Crippen LogP contribution in [-0.2, 0) is 14.9 Å². The van der Waals surface area contributed by atoms with Crippen LogP contribution in [0.2, 0.25) is 0 Å². The Labute approximate surface area is 59.5 Å². The summed E-state index contributed by atoms with van der Waals surface area (Å²) in [4.78, 5) is 9.59. The fourth-order valence-corrected chi connectivity index (χ4v) is 0.597. The minimum absolute atomic E-state index is 2.44. The zero-order chi connectivity index (χ0) is 8.58. The van der Waals surface area contributed by atoms with Gasteiger partial charge in [-0.3, -0.25) is 9.35 Å². The van der Waals surface area contributed by atoms with Crippen molar-refractivity contribution in [3.05, 3.63) is 0 Å². The lowest BCUT2D eigenvalue weighted by molar-refractivity contribution is -0.125. The molecule has 0 radical (unpaired) electrons. The summed E-state index contributed by atoms with van der Waals surface area (Å²) in [6.45, 7) is 0. The standard InChI is InChI=1S/C2HClF2O4S/c3-1(6)2(4,5)10(7,8)9/h(H,7,8,9). The molecule has 0 atom stereocenters. The fourth-order valence-electron chi connectivity index (χ4n) is 0.101. The molecule has 60 valence electrons. The molecule has 0 heterocycles. The van der Waals surface area contributed by atoms with Crippen LogP contribution < -0.4 is 0 Å². The third-order valence-corrected chi connectivity index (χ3v) is 1.74. The Morgan fingerprint density at radius 2 is 1.80 bits per heavy atom. The number of carbonyl (C=O) groups excluding carboxylic acids is 1. The molecule has 4 nitrogen and oxygen atoms in total. The van der Waals surface area contributed by atoms with Crippen LogP contribution in [0.4, 0.5) is 8.78 Å². The van der Waals surface area contributed by atoms with Crippen molar-refractivity contribution in [3.8, 4) is 0 Å². The Morgan fingerprint density at radius 1 is 1.50 bits per heavy atom. The molecule has 1 N–H and O–H groups in total. The normalized spacial score (nSPS) is 13.2. The van der Waals surface area contributed by atoms with Gasteiger partial charge in [-0.15, -0.1) is 0 Å². The van der Waals surface area contributed by atoms with Crippen LogP contribution in [0.3, 0.4) is 0 Å². The topological polar surface area (TPSA) is 71.4 Å². The summed E-state index contributed by atoms with van der Waals surface area (Å²) in [5, 5.41) is -7.34. The summed E-state index contributed by atoms with van der Waals surface area (Å²) in [5.41, 5.74) is 0. The lowest BCUT2D eigenvalue weighted by Gasteiger charge is -2.04. The predicted molar refractivity (Wildman–Crippen MR) is 27.4 cm³/mol. The summed E-state index contributed by atoms with van der Waals surface area (Å²) in [6.07, 6.45) is 0. The molecule has 8 heteroatoms. The highest BCUT2D eigenvalue weighted by Gasteiger charge is 2.51. The van der Waals surface area contributed by atoms with E-state index in [1.165, 1.54) is 0 Å². The van der Waals surface area contributed by atoms with Gasteiger partial charge in [0.05, 0.1) is 0 Å². The van der Waals surface area contributed by atoms with Crippen LogP contribution in [0.1, 0.15) is 0 Å². The number of hydrogen-bond donors (Lipinski definition) is 1. The van der Waals surface area contributed by atoms with Gasteiger partial charge in [0.2, 0.25) is 0 Å². The van der Waals surface area contributed by atoms with Gasteiger partial charge in [-0.25, -0.2) is 0 Å². The Bertz CT molecular complexity index is 244. The van der Waals surface area contributed by atoms with Crippen molar-refractivity contribution in [1.82, 2.24) is 0 Å². The van der Waals surface area contributed by atoms with E-state index in [4.69, 9.17) is 4.55 Å². The largest absolute Gasteiger partial charge is 0.441 e. The van der Waals surface area contributed by atoms with Gasteiger partial charge in [0.25, 0.3) is 0 Å². The Balaban J connectivity index is 4.95. The van der Waals surface area contributed by atoms with Crippen LogP contribution in [-0.4, -0.2) is 23.5 Å². The van der Waals surface area contributed by atoms with Gasteiger partial charge >= 0.3 is 20.6 Å². The van der Waals surface area contributed by atoms with Gasteiger partial charge in [-0.05, 0) is 11.6 Å². The lowest BCUT2D eigenvalue weighted by atomic mass is 10.8. The number of rotatable bonds is 2. The van der Waals surface area contributed by atoms with Gasteiger partial charge in [0.1, 0.15) is 0 Å². The van der Waals surface area contributed by atoms with Gasteiger partial charge in [-0.1, -0.05) is 0 Å². The summed E-state index contributed by atoms with van der Waals surface area (Å²) in [7, 11) is -5.72. The van der Waals surface area contributed by atoms with Crippen molar-refractivity contribution < 1.29 is 26.5 Å².